The van der Waals surface area contributed by atoms with Crippen LogP contribution in [0.1, 0.15) is 54.4 Å². The van der Waals surface area contributed by atoms with Crippen LogP contribution in [-0.4, -0.2) is 63.0 Å². The van der Waals surface area contributed by atoms with Gasteiger partial charge in [-0.25, -0.2) is 9.18 Å². The number of nitrogens with zero attached hydrogens (tertiary/aromatic N) is 3. The number of aryl methyl sites for hydroxylation is 1. The number of aromatic nitrogens is 4. The predicted molar refractivity (Wildman–Crippen MR) is 115 cm³/mol. The Bertz CT molecular complexity index is 1100. The number of H-pyrrole nitrogens is 1. The molecule has 4 atom stereocenters. The van der Waals surface area contributed by atoms with Gasteiger partial charge in [-0.2, -0.15) is 5.10 Å². The lowest BCUT2D eigenvalue weighted by Crippen LogP contribution is -2.68. The van der Waals surface area contributed by atoms with E-state index in [0.29, 0.717) is 31.0 Å². The highest BCUT2D eigenvalue weighted by molar-refractivity contribution is 6.02. The maximum atomic E-state index is 13.0. The molecular weight excluding hydrogens is 447 g/mol. The fourth-order valence-corrected chi connectivity index (χ4v) is 4.97. The van der Waals surface area contributed by atoms with Crippen molar-refractivity contribution in [1.29, 1.82) is 0 Å². The van der Waals surface area contributed by atoms with E-state index in [1.807, 2.05) is 0 Å². The molecule has 0 radical (unpaired) electrons. The van der Waals surface area contributed by atoms with Crippen LogP contribution in [-0.2, 0) is 16.5 Å². The zero-order valence-corrected chi connectivity index (χ0v) is 18.8. The van der Waals surface area contributed by atoms with Crippen molar-refractivity contribution in [3.05, 3.63) is 23.5 Å². The molecule has 4 aliphatic carbocycles. The topological polar surface area (TPSA) is 132 Å². The van der Waals surface area contributed by atoms with Gasteiger partial charge in [-0.3, -0.25) is 14.6 Å². The van der Waals surface area contributed by atoms with Gasteiger partial charge >= 0.3 is 6.09 Å². The summed E-state index contributed by atoms with van der Waals surface area (Å²) < 4.78 is 31.2. The average Bonchev–Trinajstić information content (AvgIpc) is 3.13. The van der Waals surface area contributed by atoms with E-state index >= 15 is 0 Å². The molecule has 11 nitrogen and oxygen atoms in total. The number of alkyl carbamates (subject to hydrolysis) is 1. The summed E-state index contributed by atoms with van der Waals surface area (Å²) in [6.45, 7) is 0.549. The molecule has 2 aromatic heterocycles. The van der Waals surface area contributed by atoms with Crippen LogP contribution in [0.4, 0.5) is 15.0 Å². The minimum absolute atomic E-state index is 0.0213. The number of alkyl halides is 1. The third-order valence-electron chi connectivity index (χ3n) is 7.20. The first kappa shape index (κ1) is 21.4. The van der Waals surface area contributed by atoms with Gasteiger partial charge in [-0.15, -0.1) is 5.10 Å². The minimum atomic E-state index is -0.805. The van der Waals surface area contributed by atoms with Gasteiger partial charge in [0.05, 0.1) is 18.9 Å². The molecule has 182 valence electrons. The maximum Gasteiger partial charge on any atom is 0.407 e. The van der Waals surface area contributed by atoms with E-state index < -0.39 is 12.1 Å². The summed E-state index contributed by atoms with van der Waals surface area (Å²) in [4.78, 5) is 24.8. The van der Waals surface area contributed by atoms with Gasteiger partial charge in [-0.05, 0) is 31.6 Å². The molecule has 5 fully saturated rings. The van der Waals surface area contributed by atoms with E-state index in [4.69, 9.17) is 14.2 Å². The fraction of sp³-hybridized carbons (Fsp3) is 0.636. The zero-order chi connectivity index (χ0) is 23.4. The predicted octanol–water partition coefficient (Wildman–Crippen LogP) is 2.24. The molecule has 5 aliphatic rings. The van der Waals surface area contributed by atoms with Crippen LogP contribution in [0.25, 0.3) is 0 Å². The lowest BCUT2D eigenvalue weighted by atomic mass is 9.50. The van der Waals surface area contributed by atoms with Gasteiger partial charge in [0.15, 0.2) is 5.82 Å². The molecule has 2 amide bonds. The van der Waals surface area contributed by atoms with Crippen molar-refractivity contribution in [1.82, 2.24) is 25.3 Å². The number of aromatic amines is 1. The van der Waals surface area contributed by atoms with Crippen LogP contribution < -0.4 is 15.4 Å². The van der Waals surface area contributed by atoms with E-state index in [9.17, 15) is 14.0 Å². The monoisotopic (exact) mass is 474 g/mol. The standard InChI is InChI=1S/C22H27FN6O5/c1-29-16(5-19(28-29)33-9-12-2-14(12)23)20(30)24-18-4-15(26-27-18)17-3-13(10-32-17)34-21(31)25-22-6-11(7-22)8-22/h4-5,11-14,17H,2-3,6-10H2,1H3,(H,25,31)(H2,24,26,27,30)/t11?,12-,13+,14-,17+,22?/m0/s1. The molecule has 1 aliphatic heterocycles. The highest BCUT2D eigenvalue weighted by atomic mass is 19.1. The number of hydrogen-bond acceptors (Lipinski definition) is 7. The number of carbonyl (C=O) groups is 2. The van der Waals surface area contributed by atoms with Gasteiger partial charge in [-0.1, -0.05) is 0 Å². The maximum absolute atomic E-state index is 13.0. The van der Waals surface area contributed by atoms with Crippen molar-refractivity contribution in [2.24, 2.45) is 18.9 Å². The molecule has 2 bridgehead atoms. The van der Waals surface area contributed by atoms with Crippen LogP contribution >= 0.6 is 0 Å². The smallest absolute Gasteiger partial charge is 0.407 e. The van der Waals surface area contributed by atoms with Crippen molar-refractivity contribution < 1.29 is 28.2 Å². The molecule has 3 N–H and O–H groups in total. The number of halogens is 1. The van der Waals surface area contributed by atoms with E-state index in [1.54, 1.807) is 13.1 Å². The highest BCUT2D eigenvalue weighted by Gasteiger charge is 2.57. The molecule has 0 spiro atoms. The Kier molecular flexibility index (Phi) is 5.01. The Morgan fingerprint density at radius 3 is 2.82 bits per heavy atom. The summed E-state index contributed by atoms with van der Waals surface area (Å²) >= 11 is 0. The number of rotatable bonds is 8. The SMILES string of the molecule is Cn1nc(OC[C@@H]2C[C@@H]2F)cc1C(=O)Nc1cc([C@H]2C[C@@H](OC(=O)NC34CC(C3)C4)CO2)[nH]n1. The molecule has 34 heavy (non-hydrogen) atoms. The second-order valence-electron chi connectivity index (χ2n) is 9.95. The molecule has 2 aromatic rings. The fourth-order valence-electron chi connectivity index (χ4n) is 4.97. The van der Waals surface area contributed by atoms with E-state index in [0.717, 1.165) is 25.2 Å². The number of anilines is 1. The Balaban J connectivity index is 0.996. The summed E-state index contributed by atoms with van der Waals surface area (Å²) in [6.07, 6.45) is 2.34. The highest BCUT2D eigenvalue weighted by Crippen LogP contribution is 2.56. The molecule has 0 unspecified atom stereocenters. The number of hydrogen-bond donors (Lipinski definition) is 3. The first-order valence-corrected chi connectivity index (χ1v) is 11.6. The van der Waals surface area contributed by atoms with E-state index in [1.165, 1.54) is 10.7 Å². The molecule has 3 heterocycles. The van der Waals surface area contributed by atoms with Crippen molar-refractivity contribution in [3.8, 4) is 5.88 Å². The Labute approximate surface area is 194 Å². The molecule has 7 rings (SSSR count). The van der Waals surface area contributed by atoms with Crippen molar-refractivity contribution >= 4 is 17.8 Å². The van der Waals surface area contributed by atoms with Crippen LogP contribution in [0.3, 0.4) is 0 Å². The summed E-state index contributed by atoms with van der Waals surface area (Å²) in [5.74, 6) is 0.887. The van der Waals surface area contributed by atoms with Gasteiger partial charge in [0.2, 0.25) is 5.88 Å². The van der Waals surface area contributed by atoms with E-state index in [2.05, 4.69) is 25.9 Å². The summed E-state index contributed by atoms with van der Waals surface area (Å²) in [6, 6.07) is 3.20. The Morgan fingerprint density at radius 1 is 1.32 bits per heavy atom. The Hall–Kier alpha value is -3.15. The second-order valence-corrected chi connectivity index (χ2v) is 9.95. The lowest BCUT2D eigenvalue weighted by Gasteiger charge is -2.61. The number of amides is 2. The number of nitrogens with one attached hydrogen (secondary N) is 3. The molecule has 4 saturated carbocycles. The van der Waals surface area contributed by atoms with Crippen molar-refractivity contribution in [3.63, 3.8) is 0 Å². The van der Waals surface area contributed by atoms with E-state index in [-0.39, 0.29) is 47.9 Å². The van der Waals surface area contributed by atoms with Gasteiger partial charge in [0.1, 0.15) is 24.1 Å². The first-order valence-electron chi connectivity index (χ1n) is 11.6. The van der Waals surface area contributed by atoms with Crippen molar-refractivity contribution in [2.45, 2.75) is 56.0 Å². The van der Waals surface area contributed by atoms with Crippen LogP contribution in [0.5, 0.6) is 5.88 Å². The van der Waals surface area contributed by atoms with Crippen molar-refractivity contribution in [2.75, 3.05) is 18.5 Å². The molecular formula is C22H27FN6O5. The first-order chi connectivity index (χ1) is 16.4. The quantitative estimate of drug-likeness (QED) is 0.534. The van der Waals surface area contributed by atoms with Gasteiger partial charge in [0.25, 0.3) is 5.91 Å². The lowest BCUT2D eigenvalue weighted by molar-refractivity contribution is -0.0510. The number of ether oxygens (including phenoxy) is 3. The average molecular weight is 474 g/mol. The summed E-state index contributed by atoms with van der Waals surface area (Å²) in [5.41, 5.74) is 0.944. The third-order valence-corrected chi connectivity index (χ3v) is 7.20. The van der Waals surface area contributed by atoms with Crippen LogP contribution in [0.15, 0.2) is 12.1 Å². The molecule has 1 saturated heterocycles. The van der Waals surface area contributed by atoms with Gasteiger partial charge in [0, 0.05) is 37.1 Å². The Morgan fingerprint density at radius 2 is 2.12 bits per heavy atom. The zero-order valence-electron chi connectivity index (χ0n) is 18.8. The largest absolute Gasteiger partial charge is 0.476 e. The molecule has 0 aromatic carbocycles. The van der Waals surface area contributed by atoms with Gasteiger partial charge < -0.3 is 24.8 Å². The third kappa shape index (κ3) is 4.10. The summed E-state index contributed by atoms with van der Waals surface area (Å²) in [5, 5.41) is 16.9. The minimum Gasteiger partial charge on any atom is -0.476 e. The summed E-state index contributed by atoms with van der Waals surface area (Å²) in [7, 11) is 1.63. The van der Waals surface area contributed by atoms with Crippen LogP contribution in [0, 0.1) is 11.8 Å². The normalized spacial score (nSPS) is 32.9. The molecule has 12 heteroatoms. The second kappa shape index (κ2) is 7.97. The number of carbonyl (C=O) groups excluding carboxylic acids is 2. The van der Waals surface area contributed by atoms with Crippen LogP contribution in [0.2, 0.25) is 0 Å².